The van der Waals surface area contributed by atoms with E-state index in [1.807, 2.05) is 0 Å². The fourth-order valence-electron chi connectivity index (χ4n) is 3.61. The van der Waals surface area contributed by atoms with Crippen LogP contribution in [0.2, 0.25) is 0 Å². The molecular weight excluding hydrogens is 412 g/mol. The molecule has 1 aromatic carbocycles. The molecule has 1 fully saturated rings. The first-order chi connectivity index (χ1) is 15.0. The zero-order chi connectivity index (χ0) is 22.1. The molecule has 1 saturated heterocycles. The quantitative estimate of drug-likeness (QED) is 0.324. The van der Waals surface area contributed by atoms with Crippen LogP contribution in [0, 0.1) is 6.92 Å². The number of benzene rings is 1. The number of hydrogen-bond donors (Lipinski definition) is 3. The Bertz CT molecular complexity index is 957. The molecule has 8 nitrogen and oxygen atoms in total. The highest BCUT2D eigenvalue weighted by molar-refractivity contribution is 7.89. The molecule has 0 unspecified atom stereocenters. The van der Waals surface area contributed by atoms with E-state index in [-0.39, 0.29) is 11.4 Å². The van der Waals surface area contributed by atoms with Crippen molar-refractivity contribution in [3.05, 3.63) is 59.9 Å². The van der Waals surface area contributed by atoms with E-state index < -0.39 is 10.0 Å². The summed E-state index contributed by atoms with van der Waals surface area (Å²) in [5.74, 6) is 0.693. The number of aromatic nitrogens is 1. The first-order valence-corrected chi connectivity index (χ1v) is 12.1. The van der Waals surface area contributed by atoms with Crippen molar-refractivity contribution in [2.45, 2.75) is 37.2 Å². The SMILES string of the molecule is CN=C(NCCNS(=O)(=O)c1cccnc1)NC1CCN(Cc2ccccc2C)CC1. The Balaban J connectivity index is 1.37. The molecule has 3 N–H and O–H groups in total. The zero-order valence-corrected chi connectivity index (χ0v) is 19.0. The molecule has 1 aliphatic heterocycles. The van der Waals surface area contributed by atoms with Gasteiger partial charge in [-0.25, -0.2) is 13.1 Å². The first-order valence-electron chi connectivity index (χ1n) is 10.6. The van der Waals surface area contributed by atoms with Gasteiger partial charge in [0.2, 0.25) is 10.0 Å². The van der Waals surface area contributed by atoms with Crippen molar-refractivity contribution in [2.75, 3.05) is 33.2 Å². The van der Waals surface area contributed by atoms with E-state index in [1.54, 1.807) is 19.3 Å². The maximum absolute atomic E-state index is 12.2. The van der Waals surface area contributed by atoms with Crippen molar-refractivity contribution < 1.29 is 8.42 Å². The van der Waals surface area contributed by atoms with Crippen LogP contribution < -0.4 is 15.4 Å². The van der Waals surface area contributed by atoms with Gasteiger partial charge in [-0.15, -0.1) is 0 Å². The summed E-state index contributed by atoms with van der Waals surface area (Å²) in [7, 11) is -1.82. The van der Waals surface area contributed by atoms with E-state index in [1.165, 1.54) is 23.4 Å². The highest BCUT2D eigenvalue weighted by Gasteiger charge is 2.20. The lowest BCUT2D eigenvalue weighted by Gasteiger charge is -2.33. The van der Waals surface area contributed by atoms with Gasteiger partial charge in [0.15, 0.2) is 5.96 Å². The Morgan fingerprint density at radius 2 is 1.94 bits per heavy atom. The Kier molecular flexibility index (Phi) is 8.39. The lowest BCUT2D eigenvalue weighted by Crippen LogP contribution is -2.49. The predicted molar refractivity (Wildman–Crippen MR) is 123 cm³/mol. The van der Waals surface area contributed by atoms with Gasteiger partial charge in [0, 0.05) is 58.2 Å². The lowest BCUT2D eigenvalue weighted by molar-refractivity contribution is 0.198. The number of guanidine groups is 1. The van der Waals surface area contributed by atoms with Crippen LogP contribution in [0.1, 0.15) is 24.0 Å². The number of likely N-dealkylation sites (tertiary alicyclic amines) is 1. The summed E-state index contributed by atoms with van der Waals surface area (Å²) in [5, 5.41) is 6.64. The van der Waals surface area contributed by atoms with Crippen LogP contribution >= 0.6 is 0 Å². The minimum Gasteiger partial charge on any atom is -0.355 e. The fraction of sp³-hybridized carbons (Fsp3) is 0.455. The highest BCUT2D eigenvalue weighted by atomic mass is 32.2. The molecule has 31 heavy (non-hydrogen) atoms. The maximum Gasteiger partial charge on any atom is 0.242 e. The van der Waals surface area contributed by atoms with Crippen LogP contribution in [0.4, 0.5) is 0 Å². The van der Waals surface area contributed by atoms with Gasteiger partial charge in [0.05, 0.1) is 0 Å². The van der Waals surface area contributed by atoms with E-state index in [4.69, 9.17) is 0 Å². The predicted octanol–water partition coefficient (Wildman–Crippen LogP) is 1.50. The van der Waals surface area contributed by atoms with Gasteiger partial charge in [-0.05, 0) is 43.0 Å². The number of aliphatic imine (C=N–C) groups is 1. The number of nitrogens with one attached hydrogen (secondary N) is 3. The van der Waals surface area contributed by atoms with Crippen LogP contribution in [0.5, 0.6) is 0 Å². The molecule has 2 aromatic rings. The Morgan fingerprint density at radius 3 is 2.61 bits per heavy atom. The standard InChI is InChI=1S/C22H32N6O2S/c1-18-6-3-4-7-19(18)17-28-14-9-20(10-15-28)27-22(23-2)25-12-13-26-31(29,30)21-8-5-11-24-16-21/h3-8,11,16,20,26H,9-10,12-15,17H2,1-2H3,(H2,23,25,27). The average Bonchev–Trinajstić information content (AvgIpc) is 2.79. The summed E-state index contributed by atoms with van der Waals surface area (Å²) in [5.41, 5.74) is 2.73. The summed E-state index contributed by atoms with van der Waals surface area (Å²) >= 11 is 0. The van der Waals surface area contributed by atoms with Gasteiger partial charge in [0.1, 0.15) is 4.90 Å². The molecule has 0 spiro atoms. The van der Waals surface area contributed by atoms with Gasteiger partial charge < -0.3 is 10.6 Å². The number of pyridine rings is 1. The maximum atomic E-state index is 12.2. The van der Waals surface area contributed by atoms with Gasteiger partial charge in [-0.1, -0.05) is 24.3 Å². The average molecular weight is 445 g/mol. The Hall–Kier alpha value is -2.49. The smallest absolute Gasteiger partial charge is 0.242 e. The normalized spacial score (nSPS) is 16.3. The van der Waals surface area contributed by atoms with E-state index >= 15 is 0 Å². The number of aryl methyl sites for hydroxylation is 1. The van der Waals surface area contributed by atoms with Crippen LogP contribution in [-0.4, -0.2) is 63.5 Å². The number of piperidine rings is 1. The third-order valence-corrected chi connectivity index (χ3v) is 6.91. The number of nitrogens with zero attached hydrogens (tertiary/aromatic N) is 3. The van der Waals surface area contributed by atoms with Gasteiger partial charge >= 0.3 is 0 Å². The monoisotopic (exact) mass is 444 g/mol. The summed E-state index contributed by atoms with van der Waals surface area (Å²) in [6.45, 7) is 5.92. The molecule has 1 aromatic heterocycles. The van der Waals surface area contributed by atoms with Gasteiger partial charge in [-0.3, -0.25) is 14.9 Å². The second-order valence-corrected chi connectivity index (χ2v) is 9.47. The minimum atomic E-state index is -3.55. The summed E-state index contributed by atoms with van der Waals surface area (Å²) in [6, 6.07) is 12.0. The molecule has 168 valence electrons. The molecule has 9 heteroatoms. The highest BCUT2D eigenvalue weighted by Crippen LogP contribution is 2.16. The second kappa shape index (κ2) is 11.2. The molecule has 0 radical (unpaired) electrons. The summed E-state index contributed by atoms with van der Waals surface area (Å²) in [6.07, 6.45) is 4.96. The van der Waals surface area contributed by atoms with Gasteiger partial charge in [-0.2, -0.15) is 0 Å². The molecule has 0 atom stereocenters. The summed E-state index contributed by atoms with van der Waals surface area (Å²) < 4.78 is 27.0. The van der Waals surface area contributed by atoms with Crippen LogP contribution in [0.25, 0.3) is 0 Å². The first kappa shape index (κ1) is 23.2. The molecule has 0 bridgehead atoms. The van der Waals surface area contributed by atoms with Gasteiger partial charge in [0.25, 0.3) is 0 Å². The molecule has 3 rings (SSSR count). The van der Waals surface area contributed by atoms with Crippen molar-refractivity contribution in [3.63, 3.8) is 0 Å². The fourth-order valence-corrected chi connectivity index (χ4v) is 4.60. The third-order valence-electron chi connectivity index (χ3n) is 5.46. The third kappa shape index (κ3) is 7.02. The number of rotatable bonds is 8. The van der Waals surface area contributed by atoms with Crippen molar-refractivity contribution in [3.8, 4) is 0 Å². The zero-order valence-electron chi connectivity index (χ0n) is 18.2. The van der Waals surface area contributed by atoms with E-state index in [0.717, 1.165) is 32.5 Å². The minimum absolute atomic E-state index is 0.162. The molecule has 0 aliphatic carbocycles. The van der Waals surface area contributed by atoms with Crippen LogP contribution in [0.3, 0.4) is 0 Å². The van der Waals surface area contributed by atoms with Crippen LogP contribution in [-0.2, 0) is 16.6 Å². The molecule has 1 aliphatic rings. The Labute approximate surface area is 185 Å². The van der Waals surface area contributed by atoms with E-state index in [2.05, 4.69) is 61.4 Å². The van der Waals surface area contributed by atoms with Crippen molar-refractivity contribution >= 4 is 16.0 Å². The van der Waals surface area contributed by atoms with E-state index in [9.17, 15) is 8.42 Å². The topological polar surface area (TPSA) is 98.7 Å². The van der Waals surface area contributed by atoms with Crippen molar-refractivity contribution in [1.29, 1.82) is 0 Å². The molecule has 0 saturated carbocycles. The second-order valence-electron chi connectivity index (χ2n) is 7.71. The van der Waals surface area contributed by atoms with Crippen molar-refractivity contribution in [2.24, 2.45) is 4.99 Å². The molecule has 2 heterocycles. The Morgan fingerprint density at radius 1 is 1.16 bits per heavy atom. The largest absolute Gasteiger partial charge is 0.355 e. The number of sulfonamides is 1. The number of hydrogen-bond acceptors (Lipinski definition) is 5. The summed E-state index contributed by atoms with van der Waals surface area (Å²) in [4.78, 5) is 10.8. The van der Waals surface area contributed by atoms with Crippen molar-refractivity contribution in [1.82, 2.24) is 25.2 Å². The van der Waals surface area contributed by atoms with Crippen LogP contribution in [0.15, 0.2) is 58.7 Å². The molecular formula is C22H32N6O2S. The lowest BCUT2D eigenvalue weighted by atomic mass is 10.0. The van der Waals surface area contributed by atoms with E-state index in [0.29, 0.717) is 18.5 Å². The molecule has 0 amide bonds.